The summed E-state index contributed by atoms with van der Waals surface area (Å²) < 4.78 is 37.5. The fourth-order valence-corrected chi connectivity index (χ4v) is 4.89. The van der Waals surface area contributed by atoms with E-state index in [9.17, 15) is 8.42 Å². The first-order valence-corrected chi connectivity index (χ1v) is 10.2. The fourth-order valence-electron chi connectivity index (χ4n) is 3.24. The predicted octanol–water partition coefficient (Wildman–Crippen LogP) is 4.68. The van der Waals surface area contributed by atoms with Gasteiger partial charge in [0, 0.05) is 11.5 Å². The van der Waals surface area contributed by atoms with E-state index in [0.29, 0.717) is 28.1 Å². The van der Waals surface area contributed by atoms with Crippen LogP contribution in [-0.4, -0.2) is 27.6 Å². The smallest absolute Gasteiger partial charge is 0.209 e. The molecule has 4 aromatic rings. The van der Waals surface area contributed by atoms with Gasteiger partial charge in [-0.15, -0.1) is 0 Å². The molecular weight excluding hydrogens is 374 g/mol. The van der Waals surface area contributed by atoms with Gasteiger partial charge in [-0.25, -0.2) is 8.42 Å². The Hall–Kier alpha value is -3.25. The molecule has 0 bridgehead atoms. The van der Waals surface area contributed by atoms with Gasteiger partial charge in [0.25, 0.3) is 0 Å². The Bertz CT molecular complexity index is 1230. The minimum atomic E-state index is -3.74. The van der Waals surface area contributed by atoms with Gasteiger partial charge in [0.15, 0.2) is 0 Å². The fraction of sp³-hybridized carbons (Fsp3) is 0.0909. The summed E-state index contributed by atoms with van der Waals surface area (Å²) in [6, 6.07) is 21.1. The van der Waals surface area contributed by atoms with Crippen molar-refractivity contribution in [3.05, 3.63) is 72.8 Å². The van der Waals surface area contributed by atoms with E-state index in [1.165, 1.54) is 0 Å². The quantitative estimate of drug-likeness (QED) is 0.534. The minimum Gasteiger partial charge on any atom is -0.497 e. The number of hydrogen-bond donors (Lipinski definition) is 1. The molecule has 6 heteroatoms. The van der Waals surface area contributed by atoms with E-state index in [0.717, 1.165) is 5.56 Å². The molecule has 5 nitrogen and oxygen atoms in total. The number of ether oxygens (including phenoxy) is 2. The molecule has 0 spiro atoms. The summed E-state index contributed by atoms with van der Waals surface area (Å²) in [5.41, 5.74) is 1.99. The highest BCUT2D eigenvalue weighted by atomic mass is 32.2. The Kier molecular flexibility index (Phi) is 4.57. The van der Waals surface area contributed by atoms with Crippen molar-refractivity contribution in [2.75, 3.05) is 14.2 Å². The Morgan fingerprint density at radius 1 is 0.786 bits per heavy atom. The highest BCUT2D eigenvalue weighted by Crippen LogP contribution is 2.38. The largest absolute Gasteiger partial charge is 0.497 e. The predicted molar refractivity (Wildman–Crippen MR) is 109 cm³/mol. The van der Waals surface area contributed by atoms with Crippen LogP contribution < -0.4 is 9.47 Å². The van der Waals surface area contributed by atoms with Gasteiger partial charge in [0.2, 0.25) is 9.84 Å². The second kappa shape index (κ2) is 7.05. The molecule has 28 heavy (non-hydrogen) atoms. The molecule has 1 N–H and O–H groups in total. The van der Waals surface area contributed by atoms with Crippen molar-refractivity contribution < 1.29 is 17.9 Å². The van der Waals surface area contributed by atoms with Crippen molar-refractivity contribution in [3.63, 3.8) is 0 Å². The third kappa shape index (κ3) is 3.01. The average Bonchev–Trinajstić information content (AvgIpc) is 3.13. The third-order valence-electron chi connectivity index (χ3n) is 4.66. The highest BCUT2D eigenvalue weighted by molar-refractivity contribution is 7.91. The van der Waals surface area contributed by atoms with Crippen molar-refractivity contribution in [3.8, 4) is 22.8 Å². The van der Waals surface area contributed by atoms with Crippen molar-refractivity contribution in [1.82, 2.24) is 4.98 Å². The Labute approximate surface area is 163 Å². The third-order valence-corrected chi connectivity index (χ3v) is 6.51. The number of methoxy groups -OCH3 is 2. The Morgan fingerprint density at radius 2 is 1.43 bits per heavy atom. The number of hydrogen-bond acceptors (Lipinski definition) is 4. The van der Waals surface area contributed by atoms with Gasteiger partial charge in [0.1, 0.15) is 16.4 Å². The molecule has 3 aromatic carbocycles. The number of aromatic nitrogens is 1. The molecule has 0 aliphatic carbocycles. The number of sulfone groups is 1. The maximum absolute atomic E-state index is 13.5. The first kappa shape index (κ1) is 18.1. The Morgan fingerprint density at radius 3 is 2.07 bits per heavy atom. The van der Waals surface area contributed by atoms with Gasteiger partial charge in [0.05, 0.1) is 30.3 Å². The number of rotatable bonds is 5. The topological polar surface area (TPSA) is 68.4 Å². The van der Waals surface area contributed by atoms with Crippen LogP contribution >= 0.6 is 0 Å². The highest BCUT2D eigenvalue weighted by Gasteiger charge is 2.27. The molecular formula is C22H19NO4S. The van der Waals surface area contributed by atoms with Crippen LogP contribution in [0.2, 0.25) is 0 Å². The molecule has 0 saturated heterocycles. The van der Waals surface area contributed by atoms with E-state index in [1.807, 2.05) is 12.1 Å². The molecule has 0 saturated carbocycles. The van der Waals surface area contributed by atoms with E-state index < -0.39 is 9.84 Å². The van der Waals surface area contributed by atoms with Gasteiger partial charge < -0.3 is 14.5 Å². The van der Waals surface area contributed by atoms with Gasteiger partial charge in [-0.1, -0.05) is 18.2 Å². The summed E-state index contributed by atoms with van der Waals surface area (Å²) in [6.45, 7) is 0. The van der Waals surface area contributed by atoms with Crippen molar-refractivity contribution in [2.24, 2.45) is 0 Å². The van der Waals surface area contributed by atoms with Crippen LogP contribution in [0, 0.1) is 0 Å². The van der Waals surface area contributed by atoms with E-state index in [1.54, 1.807) is 74.9 Å². The molecule has 0 amide bonds. The number of nitrogens with one attached hydrogen (secondary N) is 1. The monoisotopic (exact) mass is 393 g/mol. The lowest BCUT2D eigenvalue weighted by Crippen LogP contribution is -2.03. The number of fused-ring (bicyclic) bond motifs is 1. The van der Waals surface area contributed by atoms with Crippen LogP contribution in [0.25, 0.3) is 22.2 Å². The van der Waals surface area contributed by atoms with E-state index in [2.05, 4.69) is 4.98 Å². The van der Waals surface area contributed by atoms with Gasteiger partial charge in [-0.05, 0) is 54.1 Å². The van der Waals surface area contributed by atoms with Crippen LogP contribution in [0.3, 0.4) is 0 Å². The first-order valence-electron chi connectivity index (χ1n) is 8.69. The van der Waals surface area contributed by atoms with Gasteiger partial charge in [-0.2, -0.15) is 0 Å². The number of aromatic amines is 1. The van der Waals surface area contributed by atoms with Crippen LogP contribution in [0.4, 0.5) is 0 Å². The van der Waals surface area contributed by atoms with Crippen molar-refractivity contribution in [1.29, 1.82) is 0 Å². The zero-order valence-electron chi connectivity index (χ0n) is 15.5. The molecule has 4 rings (SSSR count). The number of benzene rings is 3. The lowest BCUT2D eigenvalue weighted by atomic mass is 10.1. The first-order chi connectivity index (χ1) is 13.5. The van der Waals surface area contributed by atoms with Gasteiger partial charge in [-0.3, -0.25) is 0 Å². The maximum atomic E-state index is 13.5. The molecule has 142 valence electrons. The van der Waals surface area contributed by atoms with Crippen molar-refractivity contribution in [2.45, 2.75) is 9.79 Å². The standard InChI is InChI=1S/C22H19NO4S/c1-26-16-10-8-15(9-11-16)21-22(28(24,25)18-6-4-3-5-7-18)19-13-12-17(27-2)14-20(19)23-21/h3-14,23H,1-2H3. The lowest BCUT2D eigenvalue weighted by molar-refractivity contribution is 0.415. The normalized spacial score (nSPS) is 11.5. The van der Waals surface area contributed by atoms with E-state index in [4.69, 9.17) is 9.47 Å². The molecule has 0 fully saturated rings. The summed E-state index contributed by atoms with van der Waals surface area (Å²) in [5, 5.41) is 0.621. The van der Waals surface area contributed by atoms with Crippen LogP contribution in [0.5, 0.6) is 11.5 Å². The molecule has 0 radical (unpaired) electrons. The van der Waals surface area contributed by atoms with Crippen molar-refractivity contribution >= 4 is 20.7 Å². The van der Waals surface area contributed by atoms with E-state index in [-0.39, 0.29) is 9.79 Å². The second-order valence-corrected chi connectivity index (χ2v) is 8.17. The Balaban J connectivity index is 2.02. The van der Waals surface area contributed by atoms with Crippen LogP contribution in [0.1, 0.15) is 0 Å². The summed E-state index contributed by atoms with van der Waals surface area (Å²) in [4.78, 5) is 3.77. The van der Waals surface area contributed by atoms with Crippen LogP contribution in [-0.2, 0) is 9.84 Å². The minimum absolute atomic E-state index is 0.251. The molecule has 0 aliphatic heterocycles. The molecule has 0 atom stereocenters. The zero-order valence-corrected chi connectivity index (χ0v) is 16.3. The van der Waals surface area contributed by atoms with Crippen LogP contribution in [0.15, 0.2) is 82.6 Å². The summed E-state index contributed by atoms with van der Waals surface area (Å²) >= 11 is 0. The summed E-state index contributed by atoms with van der Waals surface area (Å²) in [6.07, 6.45) is 0. The molecule has 0 unspecified atom stereocenters. The summed E-state index contributed by atoms with van der Waals surface area (Å²) in [5.74, 6) is 1.35. The zero-order chi connectivity index (χ0) is 19.7. The maximum Gasteiger partial charge on any atom is 0.209 e. The summed E-state index contributed by atoms with van der Waals surface area (Å²) in [7, 11) is -0.567. The lowest BCUT2D eigenvalue weighted by Gasteiger charge is -2.08. The van der Waals surface area contributed by atoms with E-state index >= 15 is 0 Å². The molecule has 1 aromatic heterocycles. The molecule has 1 heterocycles. The van der Waals surface area contributed by atoms with Gasteiger partial charge >= 0.3 is 0 Å². The second-order valence-electron chi connectivity index (χ2n) is 6.29. The average molecular weight is 393 g/mol. The SMILES string of the molecule is COc1ccc(-c2[nH]c3cc(OC)ccc3c2S(=O)(=O)c2ccccc2)cc1. The molecule has 0 aliphatic rings. The number of H-pyrrole nitrogens is 1.